The first kappa shape index (κ1) is 7.07. The summed E-state index contributed by atoms with van der Waals surface area (Å²) >= 11 is 0. The first-order valence-corrected chi connectivity index (χ1v) is 3.63. The van der Waals surface area contributed by atoms with Crippen LogP contribution < -0.4 is 0 Å². The molecule has 0 bridgehead atoms. The van der Waals surface area contributed by atoms with E-state index in [4.69, 9.17) is 5.11 Å². The van der Waals surface area contributed by atoms with E-state index in [9.17, 15) is 0 Å². The average molecular weight is 128 g/mol. The van der Waals surface area contributed by atoms with Crippen LogP contribution in [0.2, 0.25) is 0 Å². The van der Waals surface area contributed by atoms with Gasteiger partial charge in [0.05, 0.1) is 0 Å². The van der Waals surface area contributed by atoms with E-state index < -0.39 is 0 Å². The third-order valence-corrected chi connectivity index (χ3v) is 2.75. The molecular weight excluding hydrogens is 112 g/mol. The van der Waals surface area contributed by atoms with Crippen LogP contribution in [0, 0.1) is 10.8 Å². The average Bonchev–Trinajstić information content (AvgIpc) is 2.40. The van der Waals surface area contributed by atoms with Gasteiger partial charge >= 0.3 is 0 Å². The zero-order valence-corrected chi connectivity index (χ0v) is 6.57. The van der Waals surface area contributed by atoms with Crippen LogP contribution in [0.1, 0.15) is 33.6 Å². The van der Waals surface area contributed by atoms with Gasteiger partial charge in [0.15, 0.2) is 0 Å². The molecule has 0 heterocycles. The lowest BCUT2D eigenvalue weighted by Gasteiger charge is -2.28. The molecule has 9 heavy (non-hydrogen) atoms. The molecule has 0 unspecified atom stereocenters. The van der Waals surface area contributed by atoms with Crippen molar-refractivity contribution in [3.8, 4) is 0 Å². The van der Waals surface area contributed by atoms with Crippen molar-refractivity contribution >= 4 is 0 Å². The van der Waals surface area contributed by atoms with Crippen molar-refractivity contribution in [2.24, 2.45) is 10.8 Å². The largest absolute Gasteiger partial charge is 0.396 e. The zero-order valence-electron chi connectivity index (χ0n) is 6.57. The molecule has 0 spiro atoms. The minimum absolute atomic E-state index is 0.285. The predicted molar refractivity (Wildman–Crippen MR) is 38.2 cm³/mol. The summed E-state index contributed by atoms with van der Waals surface area (Å²) in [5.41, 5.74) is 0.592. The fraction of sp³-hybridized carbons (Fsp3) is 1.00. The summed E-state index contributed by atoms with van der Waals surface area (Å²) in [5, 5.41) is 8.99. The molecule has 0 atom stereocenters. The monoisotopic (exact) mass is 128 g/mol. The van der Waals surface area contributed by atoms with Crippen LogP contribution in [-0.2, 0) is 0 Å². The summed E-state index contributed by atoms with van der Waals surface area (Å²) in [6, 6.07) is 0. The summed E-state index contributed by atoms with van der Waals surface area (Å²) < 4.78 is 0. The quantitative estimate of drug-likeness (QED) is 0.571. The highest BCUT2D eigenvalue weighted by Crippen LogP contribution is 2.57. The number of hydrogen-bond donors (Lipinski definition) is 1. The van der Waals surface area contributed by atoms with Crippen LogP contribution in [0.15, 0.2) is 0 Å². The molecule has 0 aromatic carbocycles. The third kappa shape index (κ3) is 0.983. The van der Waals surface area contributed by atoms with E-state index in [1.165, 1.54) is 12.8 Å². The molecular formula is C8H16O. The lowest BCUT2D eigenvalue weighted by atomic mass is 9.78. The molecule has 0 amide bonds. The molecule has 1 aliphatic rings. The highest BCUT2D eigenvalue weighted by molar-refractivity contribution is 5.00. The summed E-state index contributed by atoms with van der Waals surface area (Å²) in [6.45, 7) is 6.99. The zero-order chi connectivity index (χ0) is 7.12. The maximum Gasteiger partial charge on any atom is 0.0492 e. The second-order valence-electron chi connectivity index (χ2n) is 4.19. The smallest absolute Gasteiger partial charge is 0.0492 e. The Hall–Kier alpha value is -0.0400. The Balaban J connectivity index is 2.60. The Morgan fingerprint density at radius 3 is 1.78 bits per heavy atom. The van der Waals surface area contributed by atoms with Gasteiger partial charge in [-0.2, -0.15) is 0 Å². The maximum absolute atomic E-state index is 8.99. The Bertz CT molecular complexity index is 106. The molecule has 54 valence electrons. The molecule has 1 heteroatoms. The summed E-state index contributed by atoms with van der Waals surface area (Å²) in [7, 11) is 0. The van der Waals surface area contributed by atoms with Crippen LogP contribution in [-0.4, -0.2) is 11.7 Å². The van der Waals surface area contributed by atoms with Crippen LogP contribution in [0.25, 0.3) is 0 Å². The van der Waals surface area contributed by atoms with E-state index in [1.54, 1.807) is 0 Å². The molecule has 1 aliphatic carbocycles. The van der Waals surface area contributed by atoms with Gasteiger partial charge in [0.1, 0.15) is 0 Å². The Labute approximate surface area is 57.1 Å². The van der Waals surface area contributed by atoms with Crippen molar-refractivity contribution < 1.29 is 5.11 Å². The van der Waals surface area contributed by atoms with Crippen molar-refractivity contribution in [2.45, 2.75) is 33.6 Å². The Morgan fingerprint density at radius 2 is 1.78 bits per heavy atom. The van der Waals surface area contributed by atoms with E-state index >= 15 is 0 Å². The minimum atomic E-state index is 0.285. The van der Waals surface area contributed by atoms with Crippen molar-refractivity contribution in [3.63, 3.8) is 0 Å². The van der Waals surface area contributed by atoms with Gasteiger partial charge in [-0.25, -0.2) is 0 Å². The van der Waals surface area contributed by atoms with Crippen LogP contribution in [0.5, 0.6) is 0 Å². The van der Waals surface area contributed by atoms with Gasteiger partial charge in [0.25, 0.3) is 0 Å². The van der Waals surface area contributed by atoms with E-state index in [0.717, 1.165) is 0 Å². The minimum Gasteiger partial charge on any atom is -0.396 e. The van der Waals surface area contributed by atoms with Crippen molar-refractivity contribution in [1.82, 2.24) is 0 Å². The van der Waals surface area contributed by atoms with Gasteiger partial charge in [-0.05, 0) is 23.7 Å². The molecule has 0 saturated heterocycles. The summed E-state index contributed by atoms with van der Waals surface area (Å²) in [5.74, 6) is 0. The van der Waals surface area contributed by atoms with Crippen molar-refractivity contribution in [3.05, 3.63) is 0 Å². The van der Waals surface area contributed by atoms with E-state index in [1.807, 2.05) is 0 Å². The highest BCUT2D eigenvalue weighted by Gasteiger charge is 2.51. The van der Waals surface area contributed by atoms with Crippen LogP contribution >= 0.6 is 0 Å². The molecule has 0 radical (unpaired) electrons. The molecule has 0 aromatic heterocycles. The summed E-state index contributed by atoms with van der Waals surface area (Å²) in [4.78, 5) is 0. The molecule has 1 nitrogen and oxygen atoms in total. The fourth-order valence-electron chi connectivity index (χ4n) is 1.30. The van der Waals surface area contributed by atoms with Crippen molar-refractivity contribution in [2.75, 3.05) is 6.61 Å². The van der Waals surface area contributed by atoms with Crippen LogP contribution in [0.3, 0.4) is 0 Å². The van der Waals surface area contributed by atoms with E-state index in [2.05, 4.69) is 20.8 Å². The molecule has 1 rings (SSSR count). The number of rotatable bonds is 1. The normalized spacial score (nSPS) is 24.0. The number of aliphatic hydroxyl groups is 1. The Kier molecular flexibility index (Phi) is 1.35. The Morgan fingerprint density at radius 1 is 1.33 bits per heavy atom. The topological polar surface area (TPSA) is 20.2 Å². The van der Waals surface area contributed by atoms with Gasteiger partial charge in [0.2, 0.25) is 0 Å². The second kappa shape index (κ2) is 1.72. The number of aliphatic hydroxyl groups excluding tert-OH is 1. The predicted octanol–water partition coefficient (Wildman–Crippen LogP) is 1.80. The van der Waals surface area contributed by atoms with Crippen molar-refractivity contribution in [1.29, 1.82) is 0 Å². The highest BCUT2D eigenvalue weighted by atomic mass is 16.3. The molecule has 1 N–H and O–H groups in total. The van der Waals surface area contributed by atoms with Gasteiger partial charge in [0, 0.05) is 6.61 Å². The number of hydrogen-bond acceptors (Lipinski definition) is 1. The first-order valence-electron chi connectivity index (χ1n) is 3.63. The molecule has 1 fully saturated rings. The fourth-order valence-corrected chi connectivity index (χ4v) is 1.30. The first-order chi connectivity index (χ1) is 4.02. The maximum atomic E-state index is 8.99. The molecule has 0 aliphatic heterocycles. The SMILES string of the molecule is CC(C)(C)C1(CO)CC1. The van der Waals surface area contributed by atoms with Gasteiger partial charge in [-0.1, -0.05) is 20.8 Å². The lowest BCUT2D eigenvalue weighted by molar-refractivity contribution is 0.110. The molecule has 1 saturated carbocycles. The van der Waals surface area contributed by atoms with Gasteiger partial charge < -0.3 is 5.11 Å². The standard InChI is InChI=1S/C8H16O/c1-7(2,3)8(6-9)4-5-8/h9H,4-6H2,1-3H3. The summed E-state index contributed by atoms with van der Waals surface area (Å²) in [6.07, 6.45) is 2.43. The lowest BCUT2D eigenvalue weighted by Crippen LogP contribution is -2.25. The van der Waals surface area contributed by atoms with E-state index in [0.29, 0.717) is 12.0 Å². The van der Waals surface area contributed by atoms with Gasteiger partial charge in [-0.15, -0.1) is 0 Å². The van der Waals surface area contributed by atoms with Gasteiger partial charge in [-0.3, -0.25) is 0 Å². The second-order valence-corrected chi connectivity index (χ2v) is 4.19. The third-order valence-electron chi connectivity index (χ3n) is 2.75. The molecule has 0 aromatic rings. The van der Waals surface area contributed by atoms with Crippen LogP contribution in [0.4, 0.5) is 0 Å². The van der Waals surface area contributed by atoms with E-state index in [-0.39, 0.29) is 5.41 Å².